The van der Waals surface area contributed by atoms with Gasteiger partial charge in [-0.15, -0.1) is 5.11 Å². The van der Waals surface area contributed by atoms with Crippen molar-refractivity contribution in [1.82, 2.24) is 10.6 Å². The van der Waals surface area contributed by atoms with Crippen LogP contribution in [0.15, 0.2) is 63.8 Å². The second kappa shape index (κ2) is 13.4. The smallest absolute Gasteiger partial charge is 0.360 e. The van der Waals surface area contributed by atoms with Gasteiger partial charge in [0.2, 0.25) is 5.91 Å². The Morgan fingerprint density at radius 2 is 1.71 bits per heavy atom. The maximum atomic E-state index is 13.0. The van der Waals surface area contributed by atoms with Gasteiger partial charge in [-0.2, -0.15) is 0 Å². The second-order valence-electron chi connectivity index (χ2n) is 8.03. The summed E-state index contributed by atoms with van der Waals surface area (Å²) < 4.78 is 0. The van der Waals surface area contributed by atoms with Gasteiger partial charge in [-0.1, -0.05) is 53.1 Å². The lowest BCUT2D eigenvalue weighted by atomic mass is 10.0. The zero-order valence-corrected chi connectivity index (χ0v) is 19.8. The normalized spacial score (nSPS) is 12.5. The molecule has 0 aliphatic heterocycles. The molecule has 2 aromatic rings. The summed E-state index contributed by atoms with van der Waals surface area (Å²) in [7, 11) is 0. The Bertz CT molecular complexity index is 1080. The Hall–Kier alpha value is -4.28. The molecule has 0 bridgehead atoms. The number of carboxylic acid groups (broad SMARTS) is 1. The lowest BCUT2D eigenvalue weighted by molar-refractivity contribution is -0.142. The summed E-state index contributed by atoms with van der Waals surface area (Å²) in [4.78, 5) is 40.9. The summed E-state index contributed by atoms with van der Waals surface area (Å²) in [6, 6.07) is 11.5. The molecule has 0 saturated carbocycles. The topological polar surface area (TPSA) is 185 Å². The van der Waals surface area contributed by atoms with E-state index in [0.717, 1.165) is 16.7 Å². The SMILES string of the molecule is Cc1ccc(N=NC(=O)N[C@@H](Cc2ccccc2)C(=O)N[C@@H](CCCN=C(N)N)C(=O)O)c(C)c1. The van der Waals surface area contributed by atoms with Gasteiger partial charge in [-0.3, -0.25) is 9.79 Å². The van der Waals surface area contributed by atoms with Gasteiger partial charge in [-0.05, 0) is 43.9 Å². The van der Waals surface area contributed by atoms with Crippen molar-refractivity contribution in [2.75, 3.05) is 6.54 Å². The molecule has 186 valence electrons. The van der Waals surface area contributed by atoms with Crippen molar-refractivity contribution in [3.8, 4) is 0 Å². The summed E-state index contributed by atoms with van der Waals surface area (Å²) >= 11 is 0. The third-order valence-corrected chi connectivity index (χ3v) is 5.06. The molecule has 7 N–H and O–H groups in total. The molecule has 0 aliphatic carbocycles. The van der Waals surface area contributed by atoms with E-state index in [2.05, 4.69) is 25.9 Å². The number of aliphatic imine (C=N–C) groups is 1. The van der Waals surface area contributed by atoms with Gasteiger partial charge < -0.3 is 27.2 Å². The standard InChI is InChI=1S/C24H31N7O4/c1-15-10-11-18(16(2)13-15)30-31-24(35)29-20(14-17-7-4-3-5-8-17)21(32)28-19(22(33)34)9-6-12-27-23(25)26/h3-5,7-8,10-11,13,19-20H,6,9,12,14H2,1-2H3,(H,28,32)(H,29,35)(H,33,34)(H4,25,26,27)/t19-,20-/m0/s1. The zero-order valence-electron chi connectivity index (χ0n) is 19.8. The molecule has 11 nitrogen and oxygen atoms in total. The fourth-order valence-electron chi connectivity index (χ4n) is 3.29. The Balaban J connectivity index is 2.12. The molecule has 35 heavy (non-hydrogen) atoms. The monoisotopic (exact) mass is 481 g/mol. The number of rotatable bonds is 11. The van der Waals surface area contributed by atoms with Crippen molar-refractivity contribution >= 4 is 29.6 Å². The number of benzene rings is 2. The summed E-state index contributed by atoms with van der Waals surface area (Å²) in [5, 5.41) is 22.2. The van der Waals surface area contributed by atoms with Crippen LogP contribution in [-0.2, 0) is 16.0 Å². The number of carbonyl (C=O) groups excluding carboxylic acids is 2. The van der Waals surface area contributed by atoms with E-state index in [9.17, 15) is 19.5 Å². The summed E-state index contributed by atoms with van der Waals surface area (Å²) in [5.74, 6) is -1.96. The molecule has 0 saturated heterocycles. The van der Waals surface area contributed by atoms with Crippen molar-refractivity contribution < 1.29 is 19.5 Å². The van der Waals surface area contributed by atoms with Crippen LogP contribution < -0.4 is 22.1 Å². The minimum Gasteiger partial charge on any atom is -0.480 e. The Labute approximate surface area is 203 Å². The molecule has 2 aromatic carbocycles. The van der Waals surface area contributed by atoms with Crippen molar-refractivity contribution in [2.45, 2.75) is 45.2 Å². The highest BCUT2D eigenvalue weighted by atomic mass is 16.4. The Morgan fingerprint density at radius 3 is 2.34 bits per heavy atom. The van der Waals surface area contributed by atoms with Crippen LogP contribution in [0, 0.1) is 13.8 Å². The van der Waals surface area contributed by atoms with Gasteiger partial charge >= 0.3 is 12.0 Å². The molecule has 2 rings (SSSR count). The van der Waals surface area contributed by atoms with Gasteiger partial charge in [-0.25, -0.2) is 9.59 Å². The third kappa shape index (κ3) is 9.62. The van der Waals surface area contributed by atoms with Gasteiger partial charge in [0, 0.05) is 13.0 Å². The highest BCUT2D eigenvalue weighted by molar-refractivity contribution is 5.90. The molecule has 0 spiro atoms. The molecule has 2 atom stereocenters. The zero-order chi connectivity index (χ0) is 25.8. The predicted molar refractivity (Wildman–Crippen MR) is 132 cm³/mol. The predicted octanol–water partition coefficient (Wildman–Crippen LogP) is 2.33. The van der Waals surface area contributed by atoms with E-state index < -0.39 is 30.0 Å². The number of hydrogen-bond donors (Lipinski definition) is 5. The summed E-state index contributed by atoms with van der Waals surface area (Å²) in [6.45, 7) is 4.02. The highest BCUT2D eigenvalue weighted by Crippen LogP contribution is 2.19. The van der Waals surface area contributed by atoms with Crippen LogP contribution >= 0.6 is 0 Å². The fraction of sp³-hybridized carbons (Fsp3) is 0.333. The largest absolute Gasteiger partial charge is 0.480 e. The average molecular weight is 482 g/mol. The Morgan fingerprint density at radius 1 is 1.00 bits per heavy atom. The Kier molecular flexibility index (Phi) is 10.3. The molecule has 0 aliphatic rings. The maximum absolute atomic E-state index is 13.0. The fourth-order valence-corrected chi connectivity index (χ4v) is 3.29. The van der Waals surface area contributed by atoms with Crippen molar-refractivity contribution in [3.05, 3.63) is 65.2 Å². The highest BCUT2D eigenvalue weighted by Gasteiger charge is 2.26. The number of carboxylic acids is 1. The lowest BCUT2D eigenvalue weighted by Gasteiger charge is -2.20. The minimum absolute atomic E-state index is 0.0958. The molecule has 11 heteroatoms. The lowest BCUT2D eigenvalue weighted by Crippen LogP contribution is -2.52. The van der Waals surface area contributed by atoms with Crippen LogP contribution in [-0.4, -0.2) is 47.6 Å². The van der Waals surface area contributed by atoms with E-state index in [1.807, 2.05) is 32.0 Å². The number of guanidine groups is 1. The minimum atomic E-state index is -1.21. The summed E-state index contributed by atoms with van der Waals surface area (Å²) in [6.07, 6.45) is 0.586. The van der Waals surface area contributed by atoms with Crippen LogP contribution in [0.2, 0.25) is 0 Å². The van der Waals surface area contributed by atoms with Gasteiger partial charge in [0.05, 0.1) is 5.69 Å². The first-order valence-electron chi connectivity index (χ1n) is 11.1. The van der Waals surface area contributed by atoms with Crippen LogP contribution in [0.3, 0.4) is 0 Å². The quantitative estimate of drug-likeness (QED) is 0.142. The van der Waals surface area contributed by atoms with Crippen molar-refractivity contribution in [2.24, 2.45) is 26.7 Å². The van der Waals surface area contributed by atoms with E-state index >= 15 is 0 Å². The molecule has 0 aromatic heterocycles. The van der Waals surface area contributed by atoms with Gasteiger partial charge in [0.15, 0.2) is 5.96 Å². The number of aryl methyl sites for hydroxylation is 2. The number of hydrogen-bond acceptors (Lipinski definition) is 5. The van der Waals surface area contributed by atoms with Crippen molar-refractivity contribution in [3.63, 3.8) is 0 Å². The second-order valence-corrected chi connectivity index (χ2v) is 8.03. The van der Waals surface area contributed by atoms with E-state index in [1.165, 1.54) is 0 Å². The average Bonchev–Trinajstić information content (AvgIpc) is 2.80. The molecule has 0 radical (unpaired) electrons. The number of carbonyl (C=O) groups is 3. The summed E-state index contributed by atoms with van der Waals surface area (Å²) in [5.41, 5.74) is 13.8. The van der Waals surface area contributed by atoms with Crippen LogP contribution in [0.5, 0.6) is 0 Å². The number of aliphatic carboxylic acids is 1. The molecule has 0 unspecified atom stereocenters. The van der Waals surface area contributed by atoms with E-state index in [4.69, 9.17) is 11.5 Å². The maximum Gasteiger partial charge on any atom is 0.360 e. The number of urea groups is 1. The first kappa shape index (κ1) is 27.0. The number of nitrogens with two attached hydrogens (primary N) is 2. The van der Waals surface area contributed by atoms with Crippen molar-refractivity contribution in [1.29, 1.82) is 0 Å². The van der Waals surface area contributed by atoms with Crippen LogP contribution in [0.1, 0.15) is 29.5 Å². The van der Waals surface area contributed by atoms with E-state index in [0.29, 0.717) is 12.1 Å². The molecular weight excluding hydrogens is 450 g/mol. The molecule has 3 amide bonds. The first-order valence-corrected chi connectivity index (χ1v) is 11.1. The van der Waals surface area contributed by atoms with Gasteiger partial charge in [0.25, 0.3) is 0 Å². The first-order chi connectivity index (χ1) is 16.7. The van der Waals surface area contributed by atoms with E-state index in [1.54, 1.807) is 30.3 Å². The number of nitrogens with one attached hydrogen (secondary N) is 2. The third-order valence-electron chi connectivity index (χ3n) is 5.06. The number of amides is 3. The number of azo groups is 1. The molecule has 0 fully saturated rings. The van der Waals surface area contributed by atoms with E-state index in [-0.39, 0.29) is 25.3 Å². The van der Waals surface area contributed by atoms with Gasteiger partial charge in [0.1, 0.15) is 12.1 Å². The number of nitrogens with zero attached hydrogens (tertiary/aromatic N) is 3. The molecular formula is C24H31N7O4. The van der Waals surface area contributed by atoms with Crippen LogP contribution in [0.25, 0.3) is 0 Å². The molecule has 0 heterocycles. The van der Waals surface area contributed by atoms with Crippen LogP contribution in [0.4, 0.5) is 10.5 Å².